The van der Waals surface area contributed by atoms with Gasteiger partial charge in [0.05, 0.1) is 7.11 Å². The van der Waals surface area contributed by atoms with Crippen LogP contribution in [-0.2, 0) is 11.8 Å². The lowest BCUT2D eigenvalue weighted by molar-refractivity contribution is 0.0585. The van der Waals surface area contributed by atoms with Crippen molar-refractivity contribution in [2.75, 3.05) is 27.3 Å². The van der Waals surface area contributed by atoms with Crippen LogP contribution in [0.1, 0.15) is 23.5 Å². The zero-order valence-electron chi connectivity index (χ0n) is 13.3. The molecule has 124 valence electrons. The maximum Gasteiger partial charge on any atom is 0.376 e. The smallest absolute Gasteiger partial charge is 0.376 e. The summed E-state index contributed by atoms with van der Waals surface area (Å²) in [5.74, 6) is -0.618. The molecule has 0 saturated carbocycles. The average Bonchev–Trinajstić information content (AvgIpc) is 3.07. The number of ether oxygens (including phenoxy) is 2. The molecule has 0 amide bonds. The number of nitrogens with zero attached hydrogens (tertiary/aromatic N) is 4. The molecule has 1 atom stereocenters. The first-order chi connectivity index (χ1) is 11.0. The highest BCUT2D eigenvalue weighted by molar-refractivity contribution is 5.88. The molecule has 1 unspecified atom stereocenters. The Labute approximate surface area is 132 Å². The molecule has 0 spiro atoms. The summed E-state index contributed by atoms with van der Waals surface area (Å²) in [7, 11) is 4.89. The van der Waals surface area contributed by atoms with Crippen LogP contribution in [-0.4, -0.2) is 63.7 Å². The first-order valence-corrected chi connectivity index (χ1v) is 7.39. The van der Waals surface area contributed by atoms with Crippen molar-refractivity contribution < 1.29 is 14.3 Å². The topological polar surface area (TPSA) is 102 Å². The Kier molecular flexibility index (Phi) is 4.03. The van der Waals surface area contributed by atoms with Crippen molar-refractivity contribution >= 4 is 17.1 Å². The standard InChI is InChI=1S/C14H19N5O4/c1-18-6-4-5-8(18)7-23-12-9-10(17-14(21)19(9)2)15-11(16-12)13(20)22-3/h8H,4-7H2,1-3H3,(H,15,16,17,21). The van der Waals surface area contributed by atoms with E-state index in [1.807, 2.05) is 7.05 Å². The third kappa shape index (κ3) is 2.79. The molecule has 1 saturated heterocycles. The summed E-state index contributed by atoms with van der Waals surface area (Å²) >= 11 is 0. The SMILES string of the molecule is COC(=O)c1nc(OCC2CCCN2C)c2c(n1)[nH]c(=O)n2C. The van der Waals surface area contributed by atoms with Gasteiger partial charge in [0.25, 0.3) is 0 Å². The number of likely N-dealkylation sites (tertiary alicyclic amines) is 1. The monoisotopic (exact) mass is 321 g/mol. The van der Waals surface area contributed by atoms with Crippen molar-refractivity contribution in [2.24, 2.45) is 7.05 Å². The van der Waals surface area contributed by atoms with E-state index in [2.05, 4.69) is 24.6 Å². The number of carbonyl (C=O) groups excluding carboxylic acids is 1. The molecule has 9 nitrogen and oxygen atoms in total. The Hall–Kier alpha value is -2.42. The summed E-state index contributed by atoms with van der Waals surface area (Å²) in [6, 6.07) is 0.289. The van der Waals surface area contributed by atoms with Gasteiger partial charge in [-0.1, -0.05) is 0 Å². The third-order valence-corrected chi connectivity index (χ3v) is 4.17. The first-order valence-electron chi connectivity index (χ1n) is 7.39. The van der Waals surface area contributed by atoms with Crippen LogP contribution in [0.4, 0.5) is 0 Å². The van der Waals surface area contributed by atoms with Gasteiger partial charge in [0.15, 0.2) is 11.2 Å². The van der Waals surface area contributed by atoms with Gasteiger partial charge in [0.1, 0.15) is 6.61 Å². The largest absolute Gasteiger partial charge is 0.474 e. The molecule has 23 heavy (non-hydrogen) atoms. The number of nitrogens with one attached hydrogen (secondary N) is 1. The van der Waals surface area contributed by atoms with Gasteiger partial charge in [-0.2, -0.15) is 4.98 Å². The van der Waals surface area contributed by atoms with E-state index in [0.29, 0.717) is 12.1 Å². The van der Waals surface area contributed by atoms with E-state index >= 15 is 0 Å². The van der Waals surface area contributed by atoms with Crippen LogP contribution in [0.3, 0.4) is 0 Å². The fourth-order valence-electron chi connectivity index (χ4n) is 2.76. The number of rotatable bonds is 4. The summed E-state index contributed by atoms with van der Waals surface area (Å²) in [6.07, 6.45) is 2.17. The Morgan fingerprint density at radius 3 is 2.83 bits per heavy atom. The summed E-state index contributed by atoms with van der Waals surface area (Å²) < 4.78 is 11.8. The number of aromatic nitrogens is 4. The predicted octanol–water partition coefficient (Wildman–Crippen LogP) is -0.0838. The van der Waals surface area contributed by atoms with Gasteiger partial charge >= 0.3 is 11.7 Å². The second-order valence-corrected chi connectivity index (χ2v) is 5.62. The van der Waals surface area contributed by atoms with Crippen molar-refractivity contribution in [2.45, 2.75) is 18.9 Å². The highest BCUT2D eigenvalue weighted by atomic mass is 16.5. The Bertz CT molecular complexity index is 796. The quantitative estimate of drug-likeness (QED) is 0.785. The Balaban J connectivity index is 1.98. The minimum Gasteiger partial charge on any atom is -0.474 e. The molecular weight excluding hydrogens is 302 g/mol. The highest BCUT2D eigenvalue weighted by Gasteiger charge is 2.24. The molecule has 3 heterocycles. The molecule has 0 aromatic carbocycles. The minimum absolute atomic E-state index is 0.142. The van der Waals surface area contributed by atoms with Crippen molar-refractivity contribution in [1.29, 1.82) is 0 Å². The van der Waals surface area contributed by atoms with E-state index in [1.54, 1.807) is 7.05 Å². The zero-order valence-corrected chi connectivity index (χ0v) is 13.3. The van der Waals surface area contributed by atoms with Gasteiger partial charge in [-0.05, 0) is 26.4 Å². The molecule has 1 aliphatic rings. The van der Waals surface area contributed by atoms with Crippen LogP contribution >= 0.6 is 0 Å². The zero-order chi connectivity index (χ0) is 16.6. The number of carbonyl (C=O) groups is 1. The molecule has 2 aromatic rings. The fourth-order valence-corrected chi connectivity index (χ4v) is 2.76. The van der Waals surface area contributed by atoms with E-state index in [9.17, 15) is 9.59 Å². The number of H-pyrrole nitrogens is 1. The second kappa shape index (κ2) is 5.99. The lowest BCUT2D eigenvalue weighted by atomic mass is 10.2. The number of imidazole rings is 1. The van der Waals surface area contributed by atoms with E-state index in [-0.39, 0.29) is 29.1 Å². The molecule has 9 heteroatoms. The number of fused-ring (bicyclic) bond motifs is 1. The predicted molar refractivity (Wildman–Crippen MR) is 81.6 cm³/mol. The molecule has 1 N–H and O–H groups in total. The van der Waals surface area contributed by atoms with Gasteiger partial charge in [-0.25, -0.2) is 14.6 Å². The number of aromatic amines is 1. The van der Waals surface area contributed by atoms with Gasteiger partial charge in [-0.15, -0.1) is 0 Å². The maximum absolute atomic E-state index is 11.8. The number of hydrogen-bond donors (Lipinski definition) is 1. The number of esters is 1. The van der Waals surface area contributed by atoms with E-state index in [4.69, 9.17) is 4.74 Å². The normalized spacial score (nSPS) is 18.5. The average molecular weight is 321 g/mol. The van der Waals surface area contributed by atoms with Gasteiger partial charge < -0.3 is 14.4 Å². The van der Waals surface area contributed by atoms with E-state index in [1.165, 1.54) is 11.7 Å². The van der Waals surface area contributed by atoms with Gasteiger partial charge in [0.2, 0.25) is 11.7 Å². The summed E-state index contributed by atoms with van der Waals surface area (Å²) in [4.78, 5) is 36.5. The van der Waals surface area contributed by atoms with E-state index < -0.39 is 5.97 Å². The number of methoxy groups -OCH3 is 1. The first kappa shape index (κ1) is 15.5. The van der Waals surface area contributed by atoms with Crippen LogP contribution in [0.2, 0.25) is 0 Å². The fraction of sp³-hybridized carbons (Fsp3) is 0.571. The summed E-state index contributed by atoms with van der Waals surface area (Å²) in [5, 5.41) is 0. The Morgan fingerprint density at radius 2 is 2.17 bits per heavy atom. The number of aryl methyl sites for hydroxylation is 1. The van der Waals surface area contributed by atoms with Crippen LogP contribution in [0.25, 0.3) is 11.2 Å². The van der Waals surface area contributed by atoms with Crippen LogP contribution in [0.5, 0.6) is 5.88 Å². The van der Waals surface area contributed by atoms with Crippen LogP contribution in [0, 0.1) is 0 Å². The van der Waals surface area contributed by atoms with E-state index in [0.717, 1.165) is 19.4 Å². The van der Waals surface area contributed by atoms with Crippen molar-refractivity contribution in [3.63, 3.8) is 0 Å². The van der Waals surface area contributed by atoms with Crippen molar-refractivity contribution in [3.05, 3.63) is 16.3 Å². The molecular formula is C14H19N5O4. The van der Waals surface area contributed by atoms with Gasteiger partial charge in [-0.3, -0.25) is 9.55 Å². The summed E-state index contributed by atoms with van der Waals surface area (Å²) in [6.45, 7) is 1.46. The molecule has 2 aromatic heterocycles. The molecule has 1 fully saturated rings. The molecule has 1 aliphatic heterocycles. The van der Waals surface area contributed by atoms with Crippen molar-refractivity contribution in [3.8, 4) is 5.88 Å². The summed E-state index contributed by atoms with van der Waals surface area (Å²) in [5.41, 5.74) is 0.338. The molecule has 0 aliphatic carbocycles. The second-order valence-electron chi connectivity index (χ2n) is 5.62. The molecule has 0 radical (unpaired) electrons. The number of hydrogen-bond acceptors (Lipinski definition) is 7. The molecule has 0 bridgehead atoms. The molecule has 3 rings (SSSR count). The third-order valence-electron chi connectivity index (χ3n) is 4.17. The van der Waals surface area contributed by atoms with Crippen LogP contribution in [0.15, 0.2) is 4.79 Å². The number of likely N-dealkylation sites (N-methyl/N-ethyl adjacent to an activating group) is 1. The maximum atomic E-state index is 11.8. The van der Waals surface area contributed by atoms with Crippen LogP contribution < -0.4 is 10.4 Å². The minimum atomic E-state index is -0.681. The van der Waals surface area contributed by atoms with Crippen molar-refractivity contribution in [1.82, 2.24) is 24.4 Å². The Morgan fingerprint density at radius 1 is 1.39 bits per heavy atom. The lowest BCUT2D eigenvalue weighted by Crippen LogP contribution is -2.31. The van der Waals surface area contributed by atoms with Gasteiger partial charge in [0, 0.05) is 13.1 Å². The lowest BCUT2D eigenvalue weighted by Gasteiger charge is -2.19. The highest BCUT2D eigenvalue weighted by Crippen LogP contribution is 2.22.